The third-order valence-corrected chi connectivity index (χ3v) is 4.08. The van der Waals surface area contributed by atoms with E-state index in [1.165, 1.54) is 4.57 Å². The van der Waals surface area contributed by atoms with Crippen LogP contribution in [-0.2, 0) is 7.05 Å². The average Bonchev–Trinajstić information content (AvgIpc) is 3.15. The van der Waals surface area contributed by atoms with Crippen LogP contribution < -0.4 is 10.3 Å². The lowest BCUT2D eigenvalue weighted by atomic mass is 10.1. The highest BCUT2D eigenvalue weighted by Gasteiger charge is 2.16. The van der Waals surface area contributed by atoms with Gasteiger partial charge in [0.2, 0.25) is 5.82 Å². The third kappa shape index (κ3) is 2.57. The summed E-state index contributed by atoms with van der Waals surface area (Å²) in [4.78, 5) is 16.8. The minimum atomic E-state index is -0.0631. The molecular weight excluding hydrogens is 318 g/mol. The zero-order chi connectivity index (χ0) is 17.4. The second kappa shape index (κ2) is 5.90. The summed E-state index contributed by atoms with van der Waals surface area (Å²) in [6.07, 6.45) is 1.72. The summed E-state index contributed by atoms with van der Waals surface area (Å²) in [6.45, 7) is 0. The van der Waals surface area contributed by atoms with Crippen molar-refractivity contribution in [3.63, 3.8) is 0 Å². The number of hydrogen-bond donors (Lipinski definition) is 0. The van der Waals surface area contributed by atoms with Crippen LogP contribution in [0.4, 0.5) is 0 Å². The Labute approximate surface area is 143 Å². The zero-order valence-corrected chi connectivity index (χ0v) is 13.8. The highest BCUT2D eigenvalue weighted by Crippen LogP contribution is 2.28. The molecule has 0 aliphatic rings. The summed E-state index contributed by atoms with van der Waals surface area (Å²) in [5, 5.41) is 5.47. The van der Waals surface area contributed by atoms with Gasteiger partial charge in [-0.1, -0.05) is 35.5 Å². The Morgan fingerprint density at radius 1 is 1.08 bits per heavy atom. The molecule has 6 nitrogen and oxygen atoms in total. The number of ether oxygens (including phenoxy) is 1. The van der Waals surface area contributed by atoms with E-state index in [0.717, 1.165) is 22.3 Å². The number of fused-ring (bicyclic) bond motifs is 1. The number of methoxy groups -OCH3 is 1. The highest BCUT2D eigenvalue weighted by molar-refractivity contribution is 5.93. The summed E-state index contributed by atoms with van der Waals surface area (Å²) in [5.74, 6) is 1.55. The molecule has 0 aliphatic carbocycles. The van der Waals surface area contributed by atoms with Crippen molar-refractivity contribution in [2.75, 3.05) is 7.11 Å². The Balaban J connectivity index is 1.87. The summed E-state index contributed by atoms with van der Waals surface area (Å²) in [6, 6.07) is 14.8. The fourth-order valence-electron chi connectivity index (χ4n) is 2.80. The maximum Gasteiger partial charge on any atom is 0.260 e. The first kappa shape index (κ1) is 15.1. The van der Waals surface area contributed by atoms with Gasteiger partial charge in [0.05, 0.1) is 12.7 Å². The molecule has 124 valence electrons. The molecule has 2 heterocycles. The average molecular weight is 333 g/mol. The highest BCUT2D eigenvalue weighted by atomic mass is 16.5. The molecule has 0 amide bonds. The van der Waals surface area contributed by atoms with Crippen molar-refractivity contribution in [2.45, 2.75) is 0 Å². The van der Waals surface area contributed by atoms with Crippen molar-refractivity contribution in [1.29, 1.82) is 0 Å². The van der Waals surface area contributed by atoms with Gasteiger partial charge in [-0.3, -0.25) is 4.79 Å². The largest absolute Gasteiger partial charge is 0.497 e. The molecule has 25 heavy (non-hydrogen) atoms. The van der Waals surface area contributed by atoms with Gasteiger partial charge in [-0.25, -0.2) is 0 Å². The number of aryl methyl sites for hydroxylation is 1. The lowest BCUT2D eigenvalue weighted by Gasteiger charge is -2.05. The normalized spacial score (nSPS) is 11.0. The van der Waals surface area contributed by atoms with Gasteiger partial charge in [0.1, 0.15) is 5.75 Å². The first-order valence-electron chi connectivity index (χ1n) is 7.74. The molecule has 0 aliphatic heterocycles. The molecular formula is C19H15N3O3. The van der Waals surface area contributed by atoms with Gasteiger partial charge in [0, 0.05) is 29.6 Å². The molecule has 0 N–H and O–H groups in total. The smallest absolute Gasteiger partial charge is 0.260 e. The zero-order valence-electron chi connectivity index (χ0n) is 13.8. The molecule has 2 aromatic heterocycles. The van der Waals surface area contributed by atoms with E-state index in [1.807, 2.05) is 42.5 Å². The predicted octanol–water partition coefficient (Wildman–Crippen LogP) is 3.26. The van der Waals surface area contributed by atoms with Crippen molar-refractivity contribution < 1.29 is 9.26 Å². The summed E-state index contributed by atoms with van der Waals surface area (Å²) in [7, 11) is 3.31. The van der Waals surface area contributed by atoms with Gasteiger partial charge in [-0.05, 0) is 18.2 Å². The number of rotatable bonds is 3. The van der Waals surface area contributed by atoms with E-state index in [4.69, 9.17) is 9.26 Å². The van der Waals surface area contributed by atoms with E-state index in [2.05, 4.69) is 10.1 Å². The van der Waals surface area contributed by atoms with E-state index < -0.39 is 0 Å². The van der Waals surface area contributed by atoms with Crippen LogP contribution in [0.2, 0.25) is 0 Å². The Morgan fingerprint density at radius 2 is 1.88 bits per heavy atom. The fourth-order valence-corrected chi connectivity index (χ4v) is 2.80. The van der Waals surface area contributed by atoms with Crippen molar-refractivity contribution in [1.82, 2.24) is 14.7 Å². The minimum Gasteiger partial charge on any atom is -0.497 e. The molecule has 0 spiro atoms. The number of hydrogen-bond acceptors (Lipinski definition) is 5. The van der Waals surface area contributed by atoms with E-state index in [0.29, 0.717) is 17.1 Å². The molecule has 0 bridgehead atoms. The Bertz CT molecular complexity index is 1130. The van der Waals surface area contributed by atoms with Gasteiger partial charge in [0.25, 0.3) is 11.4 Å². The molecule has 0 unspecified atom stereocenters. The van der Waals surface area contributed by atoms with Crippen LogP contribution in [0.1, 0.15) is 0 Å². The monoisotopic (exact) mass is 333 g/mol. The standard InChI is InChI=1S/C19H15N3O3/c1-22-11-16(14-8-3-4-9-15(14)19(22)23)18-20-17(21-25-18)12-6-5-7-13(10-12)24-2/h3-11H,1-2H3. The van der Waals surface area contributed by atoms with Crippen molar-refractivity contribution in [3.8, 4) is 28.6 Å². The van der Waals surface area contributed by atoms with Crippen LogP contribution in [0.15, 0.2) is 64.0 Å². The minimum absolute atomic E-state index is 0.0631. The second-order valence-corrected chi connectivity index (χ2v) is 5.66. The van der Waals surface area contributed by atoms with Crippen LogP contribution in [0.5, 0.6) is 5.75 Å². The van der Waals surface area contributed by atoms with Crippen LogP contribution in [-0.4, -0.2) is 21.8 Å². The van der Waals surface area contributed by atoms with Crippen molar-refractivity contribution >= 4 is 10.8 Å². The number of nitrogens with zero attached hydrogens (tertiary/aromatic N) is 3. The van der Waals surface area contributed by atoms with Gasteiger partial charge in [-0.15, -0.1) is 0 Å². The summed E-state index contributed by atoms with van der Waals surface area (Å²) >= 11 is 0. The molecule has 0 fully saturated rings. The van der Waals surface area contributed by atoms with Gasteiger partial charge in [0.15, 0.2) is 0 Å². The van der Waals surface area contributed by atoms with Crippen LogP contribution in [0, 0.1) is 0 Å². The maximum absolute atomic E-state index is 12.3. The summed E-state index contributed by atoms with van der Waals surface area (Å²) in [5.41, 5.74) is 1.45. The number of aromatic nitrogens is 3. The number of benzene rings is 2. The number of pyridine rings is 1. The molecule has 2 aromatic carbocycles. The Morgan fingerprint density at radius 3 is 2.68 bits per heavy atom. The quantitative estimate of drug-likeness (QED) is 0.575. The molecule has 0 radical (unpaired) electrons. The molecule has 4 rings (SSSR count). The lowest BCUT2D eigenvalue weighted by molar-refractivity contribution is 0.414. The predicted molar refractivity (Wildman–Crippen MR) is 94.5 cm³/mol. The topological polar surface area (TPSA) is 70.2 Å². The van der Waals surface area contributed by atoms with Gasteiger partial charge < -0.3 is 13.8 Å². The second-order valence-electron chi connectivity index (χ2n) is 5.66. The molecule has 0 saturated carbocycles. The van der Waals surface area contributed by atoms with Crippen molar-refractivity contribution in [3.05, 3.63) is 65.1 Å². The third-order valence-electron chi connectivity index (χ3n) is 4.08. The fraction of sp³-hybridized carbons (Fsp3) is 0.105. The maximum atomic E-state index is 12.3. The van der Waals surface area contributed by atoms with Crippen molar-refractivity contribution in [2.24, 2.45) is 7.05 Å². The van der Waals surface area contributed by atoms with E-state index in [1.54, 1.807) is 26.4 Å². The van der Waals surface area contributed by atoms with Gasteiger partial charge in [-0.2, -0.15) is 4.98 Å². The lowest BCUT2D eigenvalue weighted by Crippen LogP contribution is -2.16. The van der Waals surface area contributed by atoms with Crippen LogP contribution in [0.3, 0.4) is 0 Å². The first-order chi connectivity index (χ1) is 12.2. The Kier molecular flexibility index (Phi) is 3.57. The van der Waals surface area contributed by atoms with Crippen LogP contribution >= 0.6 is 0 Å². The molecule has 0 atom stereocenters. The SMILES string of the molecule is COc1cccc(-c2noc(-c3cn(C)c(=O)c4ccccc34)n2)c1. The van der Waals surface area contributed by atoms with Crippen LogP contribution in [0.25, 0.3) is 33.6 Å². The van der Waals surface area contributed by atoms with Gasteiger partial charge >= 0.3 is 0 Å². The molecule has 0 saturated heterocycles. The Hall–Kier alpha value is -3.41. The van der Waals surface area contributed by atoms with E-state index in [-0.39, 0.29) is 5.56 Å². The summed E-state index contributed by atoms with van der Waals surface area (Å²) < 4.78 is 12.2. The first-order valence-corrected chi connectivity index (χ1v) is 7.74. The van der Waals surface area contributed by atoms with E-state index in [9.17, 15) is 4.79 Å². The molecule has 6 heteroatoms. The molecule has 4 aromatic rings. The van der Waals surface area contributed by atoms with E-state index >= 15 is 0 Å².